The molecule has 0 bridgehead atoms. The molecular formula is C21H25NO5S2. The summed E-state index contributed by atoms with van der Waals surface area (Å²) in [5.74, 6) is -0.779. The molecule has 0 saturated heterocycles. The first-order chi connectivity index (χ1) is 13.9. The number of thiophene rings is 1. The lowest BCUT2D eigenvalue weighted by Crippen LogP contribution is -2.17. The summed E-state index contributed by atoms with van der Waals surface area (Å²) in [6.07, 6.45) is 3.04. The molecule has 0 saturated carbocycles. The highest BCUT2D eigenvalue weighted by Gasteiger charge is 2.28. The maximum Gasteiger partial charge on any atom is 0.341 e. The average molecular weight is 436 g/mol. The van der Waals surface area contributed by atoms with Gasteiger partial charge in [0.2, 0.25) is 5.91 Å². The standard InChI is InChI=1S/C21H25NO5S2/c1-2-27-21(24)19-16-10-6-11-17(16)28-20(19)22-18(23)12-7-13-29(25,26)14-15-8-4-3-5-9-15/h3-5,8-9H,2,6-7,10-14H2,1H3,(H,22,23). The van der Waals surface area contributed by atoms with E-state index in [-0.39, 0.29) is 36.9 Å². The summed E-state index contributed by atoms with van der Waals surface area (Å²) in [4.78, 5) is 25.8. The first-order valence-corrected chi connectivity index (χ1v) is 12.4. The van der Waals surface area contributed by atoms with Crippen LogP contribution in [0.1, 0.15) is 52.5 Å². The van der Waals surface area contributed by atoms with Crippen LogP contribution in [0.25, 0.3) is 0 Å². The van der Waals surface area contributed by atoms with Gasteiger partial charge in [-0.05, 0) is 43.7 Å². The number of benzene rings is 1. The summed E-state index contributed by atoms with van der Waals surface area (Å²) in [5, 5.41) is 3.32. The second-order valence-corrected chi connectivity index (χ2v) is 10.3. The predicted octanol–water partition coefficient (Wildman–Crippen LogP) is 3.75. The fourth-order valence-corrected chi connectivity index (χ4v) is 6.18. The molecule has 29 heavy (non-hydrogen) atoms. The van der Waals surface area contributed by atoms with Gasteiger partial charge in [0.1, 0.15) is 5.00 Å². The van der Waals surface area contributed by atoms with E-state index < -0.39 is 15.8 Å². The minimum atomic E-state index is -3.28. The highest BCUT2D eigenvalue weighted by atomic mass is 32.2. The third-order valence-corrected chi connectivity index (χ3v) is 7.63. The Bertz CT molecular complexity index is 980. The number of aryl methyl sites for hydroxylation is 1. The lowest BCUT2D eigenvalue weighted by atomic mass is 10.1. The van der Waals surface area contributed by atoms with Crippen molar-refractivity contribution >= 4 is 38.1 Å². The Morgan fingerprint density at radius 2 is 1.93 bits per heavy atom. The Balaban J connectivity index is 1.57. The largest absolute Gasteiger partial charge is 0.462 e. The topological polar surface area (TPSA) is 89.5 Å². The van der Waals surface area contributed by atoms with Crippen molar-refractivity contribution in [2.45, 2.75) is 44.8 Å². The maximum atomic E-state index is 12.4. The molecule has 6 nitrogen and oxygen atoms in total. The number of hydrogen-bond donors (Lipinski definition) is 1. The van der Waals surface area contributed by atoms with Crippen LogP contribution in [0.2, 0.25) is 0 Å². The van der Waals surface area contributed by atoms with Crippen LogP contribution in [0.3, 0.4) is 0 Å². The van der Waals surface area contributed by atoms with Crippen LogP contribution in [0, 0.1) is 0 Å². The van der Waals surface area contributed by atoms with E-state index in [2.05, 4.69) is 5.32 Å². The molecule has 0 atom stereocenters. The highest BCUT2D eigenvalue weighted by molar-refractivity contribution is 7.90. The molecule has 0 aliphatic heterocycles. The SMILES string of the molecule is CCOC(=O)c1c(NC(=O)CCCS(=O)(=O)Cc2ccccc2)sc2c1CCC2. The molecule has 8 heteroatoms. The van der Waals surface area contributed by atoms with E-state index in [4.69, 9.17) is 4.74 Å². The van der Waals surface area contributed by atoms with Crippen LogP contribution in [-0.2, 0) is 38.0 Å². The van der Waals surface area contributed by atoms with Crippen molar-refractivity contribution in [2.75, 3.05) is 17.7 Å². The van der Waals surface area contributed by atoms with E-state index in [1.807, 2.05) is 6.07 Å². The molecule has 1 amide bonds. The summed E-state index contributed by atoms with van der Waals surface area (Å²) in [7, 11) is -3.28. The number of rotatable bonds is 9. The lowest BCUT2D eigenvalue weighted by molar-refractivity contribution is -0.116. The molecule has 1 aliphatic rings. The van der Waals surface area contributed by atoms with Crippen LogP contribution in [-0.4, -0.2) is 32.7 Å². The quantitative estimate of drug-likeness (QED) is 0.606. The fraction of sp³-hybridized carbons (Fsp3) is 0.429. The molecule has 1 aromatic heterocycles. The van der Waals surface area contributed by atoms with E-state index in [0.29, 0.717) is 10.6 Å². The van der Waals surface area contributed by atoms with Crippen molar-refractivity contribution in [3.05, 3.63) is 51.9 Å². The molecule has 156 valence electrons. The van der Waals surface area contributed by atoms with Gasteiger partial charge in [0, 0.05) is 11.3 Å². The molecule has 0 spiro atoms. The van der Waals surface area contributed by atoms with Gasteiger partial charge in [0.25, 0.3) is 0 Å². The molecule has 0 unspecified atom stereocenters. The first kappa shape index (κ1) is 21.5. The number of esters is 1. The number of sulfone groups is 1. The number of fused-ring (bicyclic) bond motifs is 1. The zero-order valence-corrected chi connectivity index (χ0v) is 18.0. The average Bonchev–Trinajstić information content (AvgIpc) is 3.22. The number of carbonyl (C=O) groups excluding carboxylic acids is 2. The van der Waals surface area contributed by atoms with E-state index in [1.54, 1.807) is 31.2 Å². The molecule has 0 fully saturated rings. The van der Waals surface area contributed by atoms with Gasteiger partial charge in [0.05, 0.1) is 23.7 Å². The number of carbonyl (C=O) groups is 2. The second-order valence-electron chi connectivity index (χ2n) is 7.01. The Kier molecular flexibility index (Phi) is 7.08. The number of ether oxygens (including phenoxy) is 1. The summed E-state index contributed by atoms with van der Waals surface area (Å²) < 4.78 is 29.7. The van der Waals surface area contributed by atoms with Gasteiger partial charge < -0.3 is 10.1 Å². The summed E-state index contributed by atoms with van der Waals surface area (Å²) in [6, 6.07) is 9.00. The molecule has 2 aromatic rings. The molecule has 1 aliphatic carbocycles. The first-order valence-electron chi connectivity index (χ1n) is 9.75. The molecular weight excluding hydrogens is 410 g/mol. The van der Waals surface area contributed by atoms with Crippen molar-refractivity contribution < 1.29 is 22.7 Å². The molecule has 1 heterocycles. The van der Waals surface area contributed by atoms with Gasteiger partial charge in [-0.1, -0.05) is 30.3 Å². The molecule has 3 rings (SSSR count). The Morgan fingerprint density at radius 3 is 2.66 bits per heavy atom. The van der Waals surface area contributed by atoms with Gasteiger partial charge >= 0.3 is 5.97 Å². The molecule has 1 aromatic carbocycles. The lowest BCUT2D eigenvalue weighted by Gasteiger charge is -2.08. The predicted molar refractivity (Wildman–Crippen MR) is 114 cm³/mol. The third-order valence-electron chi connectivity index (χ3n) is 4.74. The Hall–Kier alpha value is -2.19. The van der Waals surface area contributed by atoms with Crippen molar-refractivity contribution in [1.29, 1.82) is 0 Å². The zero-order valence-electron chi connectivity index (χ0n) is 16.4. The van der Waals surface area contributed by atoms with Crippen LogP contribution < -0.4 is 5.32 Å². The number of anilines is 1. The van der Waals surface area contributed by atoms with Crippen LogP contribution in [0.5, 0.6) is 0 Å². The third kappa shape index (κ3) is 5.67. The second kappa shape index (κ2) is 9.54. The van der Waals surface area contributed by atoms with Gasteiger partial charge in [-0.3, -0.25) is 4.79 Å². The van der Waals surface area contributed by atoms with Crippen LogP contribution in [0.4, 0.5) is 5.00 Å². The van der Waals surface area contributed by atoms with Crippen molar-refractivity contribution in [3.8, 4) is 0 Å². The smallest absolute Gasteiger partial charge is 0.341 e. The Morgan fingerprint density at radius 1 is 1.17 bits per heavy atom. The highest BCUT2D eigenvalue weighted by Crippen LogP contribution is 2.39. The van der Waals surface area contributed by atoms with Crippen molar-refractivity contribution in [1.82, 2.24) is 0 Å². The normalized spacial score (nSPS) is 13.1. The van der Waals surface area contributed by atoms with Gasteiger partial charge in [-0.2, -0.15) is 0 Å². The van der Waals surface area contributed by atoms with Gasteiger partial charge in [-0.15, -0.1) is 11.3 Å². The minimum absolute atomic E-state index is 0.0277. The maximum absolute atomic E-state index is 12.4. The number of hydrogen-bond acceptors (Lipinski definition) is 6. The number of nitrogens with one attached hydrogen (secondary N) is 1. The van der Waals surface area contributed by atoms with E-state index >= 15 is 0 Å². The summed E-state index contributed by atoms with van der Waals surface area (Å²) in [5.41, 5.74) is 2.19. The molecule has 1 N–H and O–H groups in total. The minimum Gasteiger partial charge on any atom is -0.462 e. The van der Waals surface area contributed by atoms with Crippen molar-refractivity contribution in [2.24, 2.45) is 0 Å². The number of amides is 1. The van der Waals surface area contributed by atoms with E-state index in [9.17, 15) is 18.0 Å². The van der Waals surface area contributed by atoms with Gasteiger partial charge in [0.15, 0.2) is 9.84 Å². The monoisotopic (exact) mass is 435 g/mol. The Labute approximate surface area is 175 Å². The van der Waals surface area contributed by atoms with Crippen LogP contribution in [0.15, 0.2) is 30.3 Å². The molecule has 0 radical (unpaired) electrons. The summed E-state index contributed by atoms with van der Waals surface area (Å²) >= 11 is 1.42. The van der Waals surface area contributed by atoms with Gasteiger partial charge in [-0.25, -0.2) is 13.2 Å². The zero-order chi connectivity index (χ0) is 20.9. The fourth-order valence-electron chi connectivity index (χ4n) is 3.45. The van der Waals surface area contributed by atoms with E-state index in [1.165, 1.54) is 11.3 Å². The summed E-state index contributed by atoms with van der Waals surface area (Å²) in [6.45, 7) is 2.02. The van der Waals surface area contributed by atoms with Crippen molar-refractivity contribution in [3.63, 3.8) is 0 Å². The van der Waals surface area contributed by atoms with E-state index in [0.717, 1.165) is 35.3 Å². The van der Waals surface area contributed by atoms with Crippen LogP contribution >= 0.6 is 11.3 Å².